The lowest BCUT2D eigenvalue weighted by atomic mass is 10.1. The van der Waals surface area contributed by atoms with Gasteiger partial charge in [0.2, 0.25) is 0 Å². The lowest BCUT2D eigenvalue weighted by molar-refractivity contribution is -0.116. The fraction of sp³-hybridized carbons (Fsp3) is 0.100. The summed E-state index contributed by atoms with van der Waals surface area (Å²) in [4.78, 5) is 10.8. The molecule has 1 rings (SSSR count). The van der Waals surface area contributed by atoms with E-state index in [1.165, 1.54) is 12.2 Å². The van der Waals surface area contributed by atoms with Crippen LogP contribution in [0.25, 0.3) is 6.08 Å². The van der Waals surface area contributed by atoms with Crippen LogP contribution in [0.4, 0.5) is 0 Å². The fourth-order valence-electron chi connectivity index (χ4n) is 1.01. The van der Waals surface area contributed by atoms with Gasteiger partial charge in [-0.25, -0.2) is 5.84 Å². The molecule has 4 heteroatoms. The van der Waals surface area contributed by atoms with Gasteiger partial charge in [0.25, 0.3) is 5.91 Å². The van der Waals surface area contributed by atoms with E-state index < -0.39 is 5.91 Å². The highest BCUT2D eigenvalue weighted by molar-refractivity contribution is 5.91. The molecule has 0 spiro atoms. The van der Waals surface area contributed by atoms with Crippen molar-refractivity contribution in [2.75, 3.05) is 0 Å². The van der Waals surface area contributed by atoms with Gasteiger partial charge in [0.1, 0.15) is 5.75 Å². The zero-order chi connectivity index (χ0) is 10.6. The van der Waals surface area contributed by atoms with Crippen molar-refractivity contribution in [2.24, 2.45) is 5.84 Å². The summed E-state index contributed by atoms with van der Waals surface area (Å²) < 4.78 is 0. The predicted octanol–water partition coefficient (Wildman–Crippen LogP) is 0.704. The summed E-state index contributed by atoms with van der Waals surface area (Å²) in [6.45, 7) is 1.87. The number of nitrogens with two attached hydrogens (primary N) is 1. The predicted molar refractivity (Wildman–Crippen MR) is 54.2 cm³/mol. The number of aryl methyl sites for hydroxylation is 1. The Kier molecular flexibility index (Phi) is 3.25. The van der Waals surface area contributed by atoms with E-state index in [1.54, 1.807) is 12.1 Å². The molecule has 1 amide bonds. The number of hydrogen-bond acceptors (Lipinski definition) is 3. The third-order valence-corrected chi connectivity index (χ3v) is 1.74. The van der Waals surface area contributed by atoms with Crippen molar-refractivity contribution in [3.8, 4) is 5.75 Å². The van der Waals surface area contributed by atoms with Crippen molar-refractivity contribution < 1.29 is 9.90 Å². The maximum Gasteiger partial charge on any atom is 0.257 e. The van der Waals surface area contributed by atoms with Crippen LogP contribution in [-0.2, 0) is 4.79 Å². The lowest BCUT2D eigenvalue weighted by Crippen LogP contribution is -2.27. The third kappa shape index (κ3) is 2.60. The quantitative estimate of drug-likeness (QED) is 0.279. The maximum absolute atomic E-state index is 10.8. The van der Waals surface area contributed by atoms with Gasteiger partial charge < -0.3 is 5.11 Å². The molecule has 0 aromatic heterocycles. The molecule has 0 saturated heterocycles. The van der Waals surface area contributed by atoms with Crippen molar-refractivity contribution in [1.82, 2.24) is 5.43 Å². The molecule has 4 nitrogen and oxygen atoms in total. The normalized spacial score (nSPS) is 10.4. The molecule has 0 fully saturated rings. The van der Waals surface area contributed by atoms with Gasteiger partial charge in [-0.3, -0.25) is 10.2 Å². The Morgan fingerprint density at radius 1 is 1.57 bits per heavy atom. The molecule has 1 aromatic carbocycles. The summed E-state index contributed by atoms with van der Waals surface area (Å²) in [5.74, 6) is 4.62. The zero-order valence-corrected chi connectivity index (χ0v) is 7.82. The van der Waals surface area contributed by atoms with Crippen molar-refractivity contribution in [3.05, 3.63) is 35.4 Å². The van der Waals surface area contributed by atoms with Crippen LogP contribution in [0, 0.1) is 6.92 Å². The van der Waals surface area contributed by atoms with Crippen molar-refractivity contribution in [2.45, 2.75) is 6.92 Å². The summed E-state index contributed by atoms with van der Waals surface area (Å²) in [5.41, 5.74) is 3.50. The molecule has 0 aliphatic heterocycles. The molecular formula is C10H12N2O2. The first kappa shape index (κ1) is 10.3. The van der Waals surface area contributed by atoms with Gasteiger partial charge in [0.05, 0.1) is 0 Å². The van der Waals surface area contributed by atoms with Crippen LogP contribution in [0.1, 0.15) is 11.1 Å². The van der Waals surface area contributed by atoms with E-state index in [1.807, 2.05) is 18.4 Å². The van der Waals surface area contributed by atoms with E-state index in [2.05, 4.69) is 0 Å². The minimum Gasteiger partial charge on any atom is -0.507 e. The number of phenols is 1. The summed E-state index contributed by atoms with van der Waals surface area (Å²) >= 11 is 0. The maximum atomic E-state index is 10.8. The number of phenolic OH excluding ortho intramolecular Hbond substituents is 1. The van der Waals surface area contributed by atoms with Crippen LogP contribution in [0.15, 0.2) is 24.3 Å². The molecule has 14 heavy (non-hydrogen) atoms. The smallest absolute Gasteiger partial charge is 0.257 e. The first-order valence-corrected chi connectivity index (χ1v) is 4.12. The highest BCUT2D eigenvalue weighted by Crippen LogP contribution is 2.19. The van der Waals surface area contributed by atoms with Crippen LogP contribution in [0.2, 0.25) is 0 Å². The van der Waals surface area contributed by atoms with Gasteiger partial charge in [0.15, 0.2) is 0 Å². The number of aromatic hydroxyl groups is 1. The number of hydrogen-bond donors (Lipinski definition) is 3. The Hall–Kier alpha value is -1.81. The first-order chi connectivity index (χ1) is 6.63. The van der Waals surface area contributed by atoms with E-state index in [0.717, 1.165) is 5.56 Å². The van der Waals surface area contributed by atoms with Crippen molar-refractivity contribution in [1.29, 1.82) is 0 Å². The van der Waals surface area contributed by atoms with E-state index in [9.17, 15) is 9.90 Å². The second kappa shape index (κ2) is 4.43. The van der Waals surface area contributed by atoms with E-state index in [4.69, 9.17) is 5.84 Å². The molecule has 4 N–H and O–H groups in total. The molecule has 0 aliphatic carbocycles. The molecule has 0 atom stereocenters. The molecule has 1 aromatic rings. The monoisotopic (exact) mass is 192 g/mol. The van der Waals surface area contributed by atoms with E-state index in [-0.39, 0.29) is 5.75 Å². The van der Waals surface area contributed by atoms with Crippen LogP contribution >= 0.6 is 0 Å². The number of carbonyl (C=O) groups is 1. The third-order valence-electron chi connectivity index (χ3n) is 1.74. The van der Waals surface area contributed by atoms with Gasteiger partial charge in [-0.15, -0.1) is 0 Å². The average molecular weight is 192 g/mol. The second-order valence-corrected chi connectivity index (χ2v) is 2.90. The van der Waals surface area contributed by atoms with Gasteiger partial charge in [-0.2, -0.15) is 0 Å². The summed E-state index contributed by atoms with van der Waals surface area (Å²) in [6.07, 6.45) is 2.75. The standard InChI is InChI=1S/C10H12N2O2/c1-7-2-3-8(9(13)6-7)4-5-10(14)12-11/h2-6,13H,11H2,1H3,(H,12,14). The van der Waals surface area contributed by atoms with E-state index in [0.29, 0.717) is 5.56 Å². The van der Waals surface area contributed by atoms with Crippen LogP contribution in [0.5, 0.6) is 5.75 Å². The molecule has 0 radical (unpaired) electrons. The van der Waals surface area contributed by atoms with Crippen LogP contribution < -0.4 is 11.3 Å². The molecule has 0 heterocycles. The summed E-state index contributed by atoms with van der Waals surface area (Å²) in [7, 11) is 0. The van der Waals surface area contributed by atoms with E-state index >= 15 is 0 Å². The lowest BCUT2D eigenvalue weighted by Gasteiger charge is -1.99. The Morgan fingerprint density at radius 3 is 2.86 bits per heavy atom. The number of benzene rings is 1. The molecule has 0 aliphatic rings. The van der Waals surface area contributed by atoms with Crippen LogP contribution in [-0.4, -0.2) is 11.0 Å². The Balaban J connectivity index is 2.87. The van der Waals surface area contributed by atoms with Crippen molar-refractivity contribution >= 4 is 12.0 Å². The Labute approximate surface area is 82.0 Å². The highest BCUT2D eigenvalue weighted by atomic mass is 16.3. The fourth-order valence-corrected chi connectivity index (χ4v) is 1.01. The number of nitrogens with one attached hydrogen (secondary N) is 1. The Bertz CT molecular complexity index is 372. The zero-order valence-electron chi connectivity index (χ0n) is 7.82. The molecule has 74 valence electrons. The minimum atomic E-state index is -0.412. The first-order valence-electron chi connectivity index (χ1n) is 4.12. The number of hydrazine groups is 1. The highest BCUT2D eigenvalue weighted by Gasteiger charge is 1.97. The topological polar surface area (TPSA) is 75.4 Å². The number of rotatable bonds is 2. The van der Waals surface area contributed by atoms with Gasteiger partial charge in [0, 0.05) is 11.6 Å². The SMILES string of the molecule is Cc1ccc(C=CC(=O)NN)c(O)c1. The Morgan fingerprint density at radius 2 is 2.29 bits per heavy atom. The largest absolute Gasteiger partial charge is 0.507 e. The van der Waals surface area contributed by atoms with Crippen LogP contribution in [0.3, 0.4) is 0 Å². The number of carbonyl (C=O) groups excluding carboxylic acids is 1. The van der Waals surface area contributed by atoms with Gasteiger partial charge in [-0.05, 0) is 24.6 Å². The van der Waals surface area contributed by atoms with Crippen molar-refractivity contribution in [3.63, 3.8) is 0 Å². The van der Waals surface area contributed by atoms with Gasteiger partial charge in [-0.1, -0.05) is 12.1 Å². The summed E-state index contributed by atoms with van der Waals surface area (Å²) in [6, 6.07) is 5.20. The molecular weight excluding hydrogens is 180 g/mol. The molecule has 0 unspecified atom stereocenters. The second-order valence-electron chi connectivity index (χ2n) is 2.90. The summed E-state index contributed by atoms with van der Waals surface area (Å²) in [5, 5.41) is 9.46. The van der Waals surface area contributed by atoms with Gasteiger partial charge >= 0.3 is 0 Å². The molecule has 0 bridgehead atoms. The number of amides is 1. The average Bonchev–Trinajstić information content (AvgIpc) is 2.16. The minimum absolute atomic E-state index is 0.145. The molecule has 0 saturated carbocycles.